The fourth-order valence-electron chi connectivity index (χ4n) is 9.78. The van der Waals surface area contributed by atoms with E-state index in [4.69, 9.17) is 24.6 Å². The molecule has 21 nitrogen and oxygen atoms in total. The number of aliphatic hydroxyl groups excluding tert-OH is 2. The number of ether oxygens (including phenoxy) is 4. The van der Waals surface area contributed by atoms with Gasteiger partial charge in [-0.15, -0.1) is 0 Å². The molecule has 0 bridgehead atoms. The van der Waals surface area contributed by atoms with Crippen molar-refractivity contribution in [2.45, 2.75) is 31.9 Å². The first-order valence-corrected chi connectivity index (χ1v) is 30.3. The van der Waals surface area contributed by atoms with E-state index in [2.05, 4.69) is 62.0 Å². The van der Waals surface area contributed by atoms with E-state index in [1.807, 2.05) is 86.0 Å². The van der Waals surface area contributed by atoms with Crippen LogP contribution < -0.4 is 14.2 Å². The number of alkyl halides is 3. The van der Waals surface area contributed by atoms with Crippen LogP contribution in [0.15, 0.2) is 201 Å². The predicted molar refractivity (Wildman–Crippen MR) is 358 cm³/mol. The molecule has 7 aromatic heterocycles. The van der Waals surface area contributed by atoms with Gasteiger partial charge in [0.25, 0.3) is 0 Å². The number of fused-ring (bicyclic) bond motifs is 4. The highest BCUT2D eigenvalue weighted by atomic mass is 32.2. The average Bonchev–Trinajstić information content (AvgIpc) is 1.82. The van der Waals surface area contributed by atoms with Crippen molar-refractivity contribution in [1.29, 1.82) is 21.0 Å². The lowest BCUT2D eigenvalue weighted by Crippen LogP contribution is -2.25. The zero-order valence-electron chi connectivity index (χ0n) is 52.4. The molecule has 0 fully saturated rings. The maximum Gasteiger partial charge on any atom is 0.534 e. The minimum absolute atomic E-state index is 0.0348. The van der Waals surface area contributed by atoms with Crippen LogP contribution in [-0.4, -0.2) is 93.4 Å². The van der Waals surface area contributed by atoms with Gasteiger partial charge in [-0.3, -0.25) is 19.9 Å². The summed E-state index contributed by atoms with van der Waals surface area (Å²) in [6.07, 6.45) is 20.0. The molecule has 0 amide bonds. The lowest BCUT2D eigenvalue weighted by Gasteiger charge is -2.15. The number of benzene rings is 4. The number of halogens is 3. The molecule has 11 aromatic rings. The molecule has 0 aliphatic heterocycles. The third-order valence-electron chi connectivity index (χ3n) is 14.7. The highest BCUT2D eigenvalue weighted by Gasteiger charge is 2.49. The number of pyridine rings is 4. The topological polar surface area (TPSA) is 332 Å². The van der Waals surface area contributed by atoms with E-state index < -0.39 is 21.4 Å². The van der Waals surface area contributed by atoms with Crippen molar-refractivity contribution in [2.24, 2.45) is 0 Å². The van der Waals surface area contributed by atoms with E-state index in [1.54, 1.807) is 99.8 Å². The van der Waals surface area contributed by atoms with E-state index in [0.717, 1.165) is 78.0 Å². The summed E-state index contributed by atoms with van der Waals surface area (Å²) in [5.41, 5.74) is 5.31. The van der Waals surface area contributed by atoms with Crippen LogP contribution in [0.2, 0.25) is 0 Å². The summed E-state index contributed by atoms with van der Waals surface area (Å²) in [6.45, 7) is 1.97. The molecule has 12 rings (SSSR count). The number of carbonyl (C=O) groups is 1. The number of hydrogen-bond donors (Lipinski definition) is 5. The van der Waals surface area contributed by atoms with Gasteiger partial charge in [0, 0.05) is 129 Å². The van der Waals surface area contributed by atoms with Gasteiger partial charge in [-0.25, -0.2) is 4.79 Å². The Morgan fingerprint density at radius 2 is 1.08 bits per heavy atom. The standard InChI is InChI=1S/C19H13F3N2O4S.C18H15N3O.C17H13N3O2.C11H10N2O.C7H7NO2/c1-27-14-6-4-12-5-7-15(16(12)9-14)17(10-23)18(13-3-2-8-24-11-13)28-29(25,26)19(20,21)22;1-12(13-4-3-7-20-10-13)16(9-19)17-11-21-18-6-5-14(22-2)8-15(17)18;1-22-12-4-5-16-13(7-12)15(10-20-16)14(8-18)17(21)11-3-2-6-19-9-11;12-4-3-9-6-13-11-2-1-8(7-14)5-10(9)11;1-10-7(9)6-3-2-4-8-5-6/h2-4,6-9,11H,5H2,1H3;3-8,10-11,21H,1-2H3;2-7,9-10,20-21H,1H3;1-2,5-6,13-14H,3,7H2;2-5H,1H3/b18-17-;16-12+;17-14-;;. The van der Waals surface area contributed by atoms with Crippen LogP contribution >= 0.6 is 0 Å². The summed E-state index contributed by atoms with van der Waals surface area (Å²) in [5.74, 6) is 0.726. The van der Waals surface area contributed by atoms with E-state index in [9.17, 15) is 47.3 Å². The molecular formula is C72H58F3N11O10S. The van der Waals surface area contributed by atoms with E-state index in [-0.39, 0.29) is 40.6 Å². The first-order valence-electron chi connectivity index (χ1n) is 28.9. The van der Waals surface area contributed by atoms with Gasteiger partial charge in [0.05, 0.1) is 58.7 Å². The molecule has 0 radical (unpaired) electrons. The Labute approximate surface area is 554 Å². The van der Waals surface area contributed by atoms with Gasteiger partial charge >= 0.3 is 21.6 Å². The van der Waals surface area contributed by atoms with Crippen LogP contribution in [0.5, 0.6) is 17.2 Å². The first-order chi connectivity index (χ1) is 46.8. The number of aromatic nitrogens is 7. The number of nitriles is 4. The van der Waals surface area contributed by atoms with Crippen molar-refractivity contribution in [2.75, 3.05) is 28.4 Å². The Hall–Kier alpha value is -12.8. The Bertz CT molecular complexity index is 4890. The molecule has 25 heteroatoms. The highest BCUT2D eigenvalue weighted by molar-refractivity contribution is 7.87. The minimum Gasteiger partial charge on any atom is -0.506 e. The van der Waals surface area contributed by atoms with Crippen molar-refractivity contribution in [3.05, 3.63) is 257 Å². The smallest absolute Gasteiger partial charge is 0.506 e. The van der Waals surface area contributed by atoms with Crippen LogP contribution in [0.4, 0.5) is 13.2 Å². The van der Waals surface area contributed by atoms with Gasteiger partial charge in [0.1, 0.15) is 52.4 Å². The van der Waals surface area contributed by atoms with Gasteiger partial charge in [-0.05, 0) is 150 Å². The number of allylic oxidation sites excluding steroid dienone is 6. The molecule has 488 valence electrons. The number of esters is 1. The van der Waals surface area contributed by atoms with Gasteiger partial charge < -0.3 is 48.3 Å². The van der Waals surface area contributed by atoms with E-state index in [1.165, 1.54) is 44.9 Å². The zero-order chi connectivity index (χ0) is 69.7. The second kappa shape index (κ2) is 32.7. The number of aliphatic hydroxyl groups is 2. The molecule has 0 unspecified atom stereocenters. The highest BCUT2D eigenvalue weighted by Crippen LogP contribution is 2.41. The van der Waals surface area contributed by atoms with Gasteiger partial charge in [-0.2, -0.15) is 42.6 Å². The Kier molecular flexibility index (Phi) is 23.6. The first kappa shape index (κ1) is 70.1. The molecule has 0 atom stereocenters. The number of methoxy groups -OCH3 is 4. The second-order valence-corrected chi connectivity index (χ2v) is 22.0. The lowest BCUT2D eigenvalue weighted by molar-refractivity contribution is -0.0509. The largest absolute Gasteiger partial charge is 0.534 e. The molecule has 5 N–H and O–H groups in total. The molecular weight excluding hydrogens is 1270 g/mol. The van der Waals surface area contributed by atoms with Crippen LogP contribution in [0, 0.1) is 45.3 Å². The predicted octanol–water partition coefficient (Wildman–Crippen LogP) is 14.0. The Morgan fingerprint density at radius 1 is 0.598 bits per heavy atom. The summed E-state index contributed by atoms with van der Waals surface area (Å²) in [5, 5.41) is 59.6. The van der Waals surface area contributed by atoms with Gasteiger partial charge in [-0.1, -0.05) is 24.3 Å². The van der Waals surface area contributed by atoms with Crippen molar-refractivity contribution >= 4 is 82.6 Å². The van der Waals surface area contributed by atoms with Crippen LogP contribution in [0.3, 0.4) is 0 Å². The lowest BCUT2D eigenvalue weighted by atomic mass is 9.97. The van der Waals surface area contributed by atoms with Crippen LogP contribution in [-0.2, 0) is 38.5 Å². The molecule has 0 saturated carbocycles. The third-order valence-corrected chi connectivity index (χ3v) is 15.6. The number of hydrogen-bond acceptors (Lipinski definition) is 18. The number of aromatic amines is 3. The fourth-order valence-corrected chi connectivity index (χ4v) is 10.3. The zero-order valence-corrected chi connectivity index (χ0v) is 53.2. The van der Waals surface area contributed by atoms with Crippen LogP contribution in [0.1, 0.15) is 67.4 Å². The number of carbonyl (C=O) groups excluding carboxylic acids is 1. The summed E-state index contributed by atoms with van der Waals surface area (Å²) < 4.78 is 86.6. The number of nitrogens with one attached hydrogen (secondary N) is 3. The molecule has 4 aromatic carbocycles. The maximum atomic E-state index is 12.9. The van der Waals surface area contributed by atoms with Crippen molar-refractivity contribution in [1.82, 2.24) is 34.9 Å². The van der Waals surface area contributed by atoms with Crippen molar-refractivity contribution < 1.29 is 59.7 Å². The number of nitrogens with zero attached hydrogens (tertiary/aromatic N) is 8. The van der Waals surface area contributed by atoms with E-state index in [0.29, 0.717) is 52.2 Å². The fraction of sp³-hybridized carbons (Fsp3) is 0.125. The maximum absolute atomic E-state index is 12.9. The molecule has 7 heterocycles. The molecule has 0 saturated heterocycles. The minimum atomic E-state index is -6.01. The third kappa shape index (κ3) is 16.9. The van der Waals surface area contributed by atoms with Crippen LogP contribution in [0.25, 0.3) is 66.5 Å². The van der Waals surface area contributed by atoms with Crippen molar-refractivity contribution in [3.63, 3.8) is 0 Å². The summed E-state index contributed by atoms with van der Waals surface area (Å²) >= 11 is 0. The number of H-pyrrole nitrogens is 3. The Balaban J connectivity index is 0.000000161. The molecule has 1 aliphatic carbocycles. The molecule has 97 heavy (non-hydrogen) atoms. The van der Waals surface area contributed by atoms with Gasteiger partial charge in [0.2, 0.25) is 0 Å². The average molecular weight is 1330 g/mol. The van der Waals surface area contributed by atoms with Gasteiger partial charge in [0.15, 0.2) is 5.76 Å². The summed E-state index contributed by atoms with van der Waals surface area (Å²) in [4.78, 5) is 35.8. The summed E-state index contributed by atoms with van der Waals surface area (Å²) in [7, 11) is -0.00109. The second-order valence-electron chi connectivity index (χ2n) is 20.5. The summed E-state index contributed by atoms with van der Waals surface area (Å²) in [6, 6.07) is 43.6. The quantitative estimate of drug-likeness (QED) is 0.0222. The number of rotatable bonds is 14. The molecule has 1 aliphatic rings. The van der Waals surface area contributed by atoms with E-state index >= 15 is 0 Å². The molecule has 0 spiro atoms. The Morgan fingerprint density at radius 3 is 1.58 bits per heavy atom. The van der Waals surface area contributed by atoms with Crippen molar-refractivity contribution in [3.8, 4) is 41.5 Å². The monoisotopic (exact) mass is 1330 g/mol. The normalized spacial score (nSPS) is 12.1. The SMILES string of the molecule is COC(=O)c1cccnc1.COc1ccc2[nH]cc(/C(C#N)=C(\C)c3cccnc3)c2c1.COc1ccc2[nH]cc(/C(C#N)=C(\O)c3cccnc3)c2c1.COc1ccc2c(c1)C(/C(C#N)=C(\OS(=O)(=O)C(F)(F)F)c1cccnc1)=CC2.N#CCc1c[nH]c2ccc(CO)cc12.